The maximum atomic E-state index is 12.7. The number of hydrogen-bond acceptors (Lipinski definition) is 5. The van der Waals surface area contributed by atoms with Gasteiger partial charge >= 0.3 is 17.9 Å². The van der Waals surface area contributed by atoms with Gasteiger partial charge in [0, 0.05) is 5.56 Å². The normalized spacial score (nSPS) is 11.6. The number of hydrogen-bond donors (Lipinski definition) is 0. The Bertz CT molecular complexity index is 1080. The highest BCUT2D eigenvalue weighted by atomic mass is 16.6. The first-order chi connectivity index (χ1) is 15.3. The third-order valence-electron chi connectivity index (χ3n) is 4.93. The summed E-state index contributed by atoms with van der Waals surface area (Å²) in [6.07, 6.45) is 0.193. The van der Waals surface area contributed by atoms with Crippen LogP contribution in [0.5, 0.6) is 0 Å². The summed E-state index contributed by atoms with van der Waals surface area (Å²) in [6, 6.07) is 22.2. The summed E-state index contributed by atoms with van der Waals surface area (Å²) in [5.74, 6) is -1.52. The molecular weight excluding hydrogens is 404 g/mol. The summed E-state index contributed by atoms with van der Waals surface area (Å²) in [7, 11) is 0. The van der Waals surface area contributed by atoms with Gasteiger partial charge in [0.25, 0.3) is 0 Å². The average molecular weight is 431 g/mol. The summed E-state index contributed by atoms with van der Waals surface area (Å²) in [6.45, 7) is 5.91. The zero-order chi connectivity index (χ0) is 23.1. The Kier molecular flexibility index (Phi) is 7.55. The van der Waals surface area contributed by atoms with Crippen molar-refractivity contribution in [2.45, 2.75) is 33.3 Å². The van der Waals surface area contributed by atoms with Gasteiger partial charge in [0.2, 0.25) is 0 Å². The topological polar surface area (TPSA) is 69.7 Å². The molecule has 0 spiro atoms. The SMILES string of the molecule is CC(C)Cc1ccc(C(=O)OC(=O)c2ccccc2C(C)OC(=O)c2ccccc2)cc1. The Hall–Kier alpha value is -3.73. The van der Waals surface area contributed by atoms with Gasteiger partial charge in [-0.05, 0) is 55.2 Å². The Balaban J connectivity index is 1.71. The van der Waals surface area contributed by atoms with Crippen molar-refractivity contribution in [2.75, 3.05) is 0 Å². The minimum atomic E-state index is -0.792. The van der Waals surface area contributed by atoms with Crippen LogP contribution in [0, 0.1) is 5.92 Å². The fraction of sp³-hybridized carbons (Fsp3) is 0.222. The van der Waals surface area contributed by atoms with E-state index in [9.17, 15) is 14.4 Å². The molecule has 3 rings (SSSR count). The third kappa shape index (κ3) is 5.91. The van der Waals surface area contributed by atoms with Crippen molar-refractivity contribution in [1.29, 1.82) is 0 Å². The van der Waals surface area contributed by atoms with Crippen LogP contribution in [-0.2, 0) is 15.9 Å². The van der Waals surface area contributed by atoms with Gasteiger partial charge in [-0.15, -0.1) is 0 Å². The number of esters is 3. The van der Waals surface area contributed by atoms with E-state index in [0.29, 0.717) is 22.6 Å². The highest BCUT2D eigenvalue weighted by Gasteiger charge is 2.22. The van der Waals surface area contributed by atoms with Crippen molar-refractivity contribution in [1.82, 2.24) is 0 Å². The van der Waals surface area contributed by atoms with Gasteiger partial charge in [-0.1, -0.05) is 62.4 Å². The first-order valence-corrected chi connectivity index (χ1v) is 10.6. The van der Waals surface area contributed by atoms with Gasteiger partial charge in [0.15, 0.2) is 0 Å². The molecule has 0 fully saturated rings. The van der Waals surface area contributed by atoms with E-state index in [4.69, 9.17) is 9.47 Å². The third-order valence-corrected chi connectivity index (χ3v) is 4.93. The van der Waals surface area contributed by atoms with Gasteiger partial charge in [-0.2, -0.15) is 0 Å². The molecule has 32 heavy (non-hydrogen) atoms. The molecular formula is C27H26O5. The van der Waals surface area contributed by atoms with Crippen molar-refractivity contribution in [3.8, 4) is 0 Å². The monoisotopic (exact) mass is 430 g/mol. The number of rotatable bonds is 7. The standard InChI is InChI=1S/C27H26O5/c1-18(2)17-20-13-15-22(16-14-20)26(29)32-27(30)24-12-8-7-11-23(24)19(3)31-25(28)21-9-5-4-6-10-21/h4-16,18-19H,17H2,1-3H3. The van der Waals surface area contributed by atoms with E-state index in [0.717, 1.165) is 12.0 Å². The molecule has 0 aliphatic carbocycles. The fourth-order valence-corrected chi connectivity index (χ4v) is 3.35. The van der Waals surface area contributed by atoms with E-state index in [1.807, 2.05) is 12.1 Å². The molecule has 1 unspecified atom stereocenters. The van der Waals surface area contributed by atoms with Crippen LogP contribution >= 0.6 is 0 Å². The number of carbonyl (C=O) groups excluding carboxylic acids is 3. The minimum absolute atomic E-state index is 0.172. The van der Waals surface area contributed by atoms with Crippen molar-refractivity contribution in [3.63, 3.8) is 0 Å². The van der Waals surface area contributed by atoms with Crippen molar-refractivity contribution in [2.24, 2.45) is 5.92 Å². The molecule has 0 aromatic heterocycles. The van der Waals surface area contributed by atoms with E-state index in [2.05, 4.69) is 13.8 Å². The fourth-order valence-electron chi connectivity index (χ4n) is 3.35. The van der Waals surface area contributed by atoms with Crippen LogP contribution < -0.4 is 0 Å². The highest BCUT2D eigenvalue weighted by molar-refractivity contribution is 6.03. The quantitative estimate of drug-likeness (QED) is 0.350. The van der Waals surface area contributed by atoms with Crippen LogP contribution in [0.3, 0.4) is 0 Å². The second kappa shape index (κ2) is 10.5. The Morgan fingerprint density at radius 1 is 0.688 bits per heavy atom. The molecule has 1 atom stereocenters. The molecule has 0 heterocycles. The van der Waals surface area contributed by atoms with Crippen LogP contribution in [0.2, 0.25) is 0 Å². The average Bonchev–Trinajstić information content (AvgIpc) is 2.79. The summed E-state index contributed by atoms with van der Waals surface area (Å²) < 4.78 is 10.6. The number of benzene rings is 3. The van der Waals surface area contributed by atoms with Crippen LogP contribution in [0.4, 0.5) is 0 Å². The predicted octanol–water partition coefficient (Wildman–Crippen LogP) is 5.80. The Morgan fingerprint density at radius 2 is 1.28 bits per heavy atom. The molecule has 5 heteroatoms. The van der Waals surface area contributed by atoms with Gasteiger partial charge in [0.05, 0.1) is 16.7 Å². The zero-order valence-corrected chi connectivity index (χ0v) is 18.4. The molecule has 0 aliphatic heterocycles. The molecule has 5 nitrogen and oxygen atoms in total. The Labute approximate surface area is 188 Å². The molecule has 3 aromatic rings. The van der Waals surface area contributed by atoms with Crippen molar-refractivity contribution in [3.05, 3.63) is 107 Å². The van der Waals surface area contributed by atoms with Crippen LogP contribution in [0.25, 0.3) is 0 Å². The summed E-state index contributed by atoms with van der Waals surface area (Å²) >= 11 is 0. The highest BCUT2D eigenvalue weighted by Crippen LogP contribution is 2.24. The maximum Gasteiger partial charge on any atom is 0.346 e. The number of carbonyl (C=O) groups is 3. The second-order valence-corrected chi connectivity index (χ2v) is 7.97. The van der Waals surface area contributed by atoms with Gasteiger partial charge in [0.1, 0.15) is 6.10 Å². The number of ether oxygens (including phenoxy) is 2. The second-order valence-electron chi connectivity index (χ2n) is 7.97. The van der Waals surface area contributed by atoms with Crippen LogP contribution in [0.1, 0.15) is 69.1 Å². The molecule has 0 amide bonds. The molecule has 0 radical (unpaired) electrons. The smallest absolute Gasteiger partial charge is 0.346 e. The summed E-state index contributed by atoms with van der Waals surface area (Å²) in [5, 5.41) is 0. The predicted molar refractivity (Wildman–Crippen MR) is 121 cm³/mol. The lowest BCUT2D eigenvalue weighted by Gasteiger charge is -2.16. The summed E-state index contributed by atoms with van der Waals surface area (Å²) in [5.41, 5.74) is 2.46. The van der Waals surface area contributed by atoms with E-state index in [-0.39, 0.29) is 5.56 Å². The minimum Gasteiger partial charge on any atom is -0.454 e. The molecule has 3 aromatic carbocycles. The lowest BCUT2D eigenvalue weighted by atomic mass is 10.0. The molecule has 0 N–H and O–H groups in total. The van der Waals surface area contributed by atoms with Crippen LogP contribution in [-0.4, -0.2) is 17.9 Å². The van der Waals surface area contributed by atoms with Crippen molar-refractivity contribution >= 4 is 17.9 Å². The van der Waals surface area contributed by atoms with E-state index < -0.39 is 24.0 Å². The maximum absolute atomic E-state index is 12.7. The molecule has 0 aliphatic rings. The van der Waals surface area contributed by atoms with Crippen molar-refractivity contribution < 1.29 is 23.9 Å². The zero-order valence-electron chi connectivity index (χ0n) is 18.4. The lowest BCUT2D eigenvalue weighted by Crippen LogP contribution is -2.17. The lowest BCUT2D eigenvalue weighted by molar-refractivity contribution is 0.0312. The first-order valence-electron chi connectivity index (χ1n) is 10.6. The van der Waals surface area contributed by atoms with Gasteiger partial charge in [-0.3, -0.25) is 0 Å². The molecule has 0 bridgehead atoms. The first kappa shape index (κ1) is 22.9. The summed E-state index contributed by atoms with van der Waals surface area (Å²) in [4.78, 5) is 37.6. The van der Waals surface area contributed by atoms with Crippen LogP contribution in [0.15, 0.2) is 78.9 Å². The van der Waals surface area contributed by atoms with Gasteiger partial charge in [-0.25, -0.2) is 14.4 Å². The van der Waals surface area contributed by atoms with E-state index >= 15 is 0 Å². The van der Waals surface area contributed by atoms with E-state index in [1.165, 1.54) is 0 Å². The van der Waals surface area contributed by atoms with E-state index in [1.54, 1.807) is 73.7 Å². The molecule has 0 saturated carbocycles. The van der Waals surface area contributed by atoms with Gasteiger partial charge < -0.3 is 9.47 Å². The largest absolute Gasteiger partial charge is 0.454 e. The molecule has 0 saturated heterocycles. The molecule has 164 valence electrons. The Morgan fingerprint density at radius 3 is 1.94 bits per heavy atom.